The first kappa shape index (κ1) is 19.4. The van der Waals surface area contributed by atoms with Crippen molar-refractivity contribution in [2.75, 3.05) is 11.9 Å². The maximum absolute atomic E-state index is 12.5. The van der Waals surface area contributed by atoms with Gasteiger partial charge in [-0.2, -0.15) is 0 Å². The van der Waals surface area contributed by atoms with Crippen LogP contribution in [-0.4, -0.2) is 17.5 Å². The zero-order chi connectivity index (χ0) is 19.1. The molecule has 3 rings (SSSR count). The summed E-state index contributed by atoms with van der Waals surface area (Å²) in [5.74, 6) is 0.505. The van der Waals surface area contributed by atoms with E-state index in [-0.39, 0.29) is 5.91 Å². The quantitative estimate of drug-likeness (QED) is 0.452. The molecule has 2 aromatic carbocycles. The minimum atomic E-state index is -0.203. The summed E-state index contributed by atoms with van der Waals surface area (Å²) in [4.78, 5) is 17.0. The average Bonchev–Trinajstić information content (AvgIpc) is 3.14. The number of aromatic nitrogens is 1. The molecule has 4 nitrogen and oxygen atoms in total. The van der Waals surface area contributed by atoms with Crippen molar-refractivity contribution in [3.05, 3.63) is 64.5 Å². The van der Waals surface area contributed by atoms with Crippen LogP contribution in [0.5, 0.6) is 5.75 Å². The van der Waals surface area contributed by atoms with Crippen LogP contribution < -0.4 is 10.1 Å². The van der Waals surface area contributed by atoms with Crippen molar-refractivity contribution in [2.24, 2.45) is 0 Å². The van der Waals surface area contributed by atoms with E-state index in [9.17, 15) is 4.79 Å². The van der Waals surface area contributed by atoms with Crippen LogP contribution in [0.4, 0.5) is 5.13 Å². The zero-order valence-electron chi connectivity index (χ0n) is 15.1. The van der Waals surface area contributed by atoms with Crippen LogP contribution in [0.3, 0.4) is 0 Å². The SMILES string of the molecule is CCCCCOc1cccc(C(=O)Nc2nc(-c3ccc(Cl)cc3)cs2)c1. The Labute approximate surface area is 168 Å². The van der Waals surface area contributed by atoms with Gasteiger partial charge in [-0.3, -0.25) is 10.1 Å². The van der Waals surface area contributed by atoms with Crippen molar-refractivity contribution in [1.29, 1.82) is 0 Å². The normalized spacial score (nSPS) is 10.6. The Bertz CT molecular complexity index is 893. The molecular weight excluding hydrogens is 380 g/mol. The van der Waals surface area contributed by atoms with E-state index < -0.39 is 0 Å². The van der Waals surface area contributed by atoms with E-state index >= 15 is 0 Å². The van der Waals surface area contributed by atoms with Crippen molar-refractivity contribution in [3.8, 4) is 17.0 Å². The summed E-state index contributed by atoms with van der Waals surface area (Å²) < 4.78 is 5.72. The summed E-state index contributed by atoms with van der Waals surface area (Å²) in [7, 11) is 0. The van der Waals surface area contributed by atoms with E-state index in [1.54, 1.807) is 12.1 Å². The lowest BCUT2D eigenvalue weighted by atomic mass is 10.2. The maximum Gasteiger partial charge on any atom is 0.257 e. The summed E-state index contributed by atoms with van der Waals surface area (Å²) in [5.41, 5.74) is 2.31. The highest BCUT2D eigenvalue weighted by molar-refractivity contribution is 7.14. The molecule has 6 heteroatoms. The first-order valence-electron chi connectivity index (χ1n) is 8.91. The van der Waals surface area contributed by atoms with E-state index in [2.05, 4.69) is 17.2 Å². The second-order valence-electron chi connectivity index (χ2n) is 6.08. The predicted octanol–water partition coefficient (Wildman–Crippen LogP) is 6.28. The van der Waals surface area contributed by atoms with Gasteiger partial charge in [-0.05, 0) is 36.8 Å². The number of thiazole rings is 1. The molecule has 0 saturated carbocycles. The van der Waals surface area contributed by atoms with Crippen LogP contribution in [0.2, 0.25) is 5.02 Å². The van der Waals surface area contributed by atoms with Gasteiger partial charge in [-0.25, -0.2) is 4.98 Å². The van der Waals surface area contributed by atoms with E-state index in [0.717, 1.165) is 30.5 Å². The molecule has 0 bridgehead atoms. The number of nitrogens with zero attached hydrogens (tertiary/aromatic N) is 1. The van der Waals surface area contributed by atoms with Gasteiger partial charge in [0.25, 0.3) is 5.91 Å². The first-order valence-corrected chi connectivity index (χ1v) is 10.2. The lowest BCUT2D eigenvalue weighted by Crippen LogP contribution is -2.11. The molecule has 0 saturated heterocycles. The van der Waals surface area contributed by atoms with Crippen LogP contribution in [0.15, 0.2) is 53.9 Å². The Hall–Kier alpha value is -2.37. The highest BCUT2D eigenvalue weighted by atomic mass is 35.5. The van der Waals surface area contributed by atoms with Gasteiger partial charge in [-0.15, -0.1) is 11.3 Å². The molecule has 3 aromatic rings. The molecule has 0 aliphatic carbocycles. The number of carbonyl (C=O) groups excluding carboxylic acids is 1. The number of unbranched alkanes of at least 4 members (excludes halogenated alkanes) is 2. The van der Waals surface area contributed by atoms with Gasteiger partial charge in [0, 0.05) is 21.5 Å². The molecule has 0 aliphatic heterocycles. The van der Waals surface area contributed by atoms with E-state index in [0.29, 0.717) is 28.1 Å². The summed E-state index contributed by atoms with van der Waals surface area (Å²) >= 11 is 7.30. The zero-order valence-corrected chi connectivity index (χ0v) is 16.6. The van der Waals surface area contributed by atoms with Gasteiger partial charge in [0.15, 0.2) is 5.13 Å². The highest BCUT2D eigenvalue weighted by Crippen LogP contribution is 2.26. The average molecular weight is 401 g/mol. The van der Waals surface area contributed by atoms with Gasteiger partial charge < -0.3 is 4.74 Å². The number of nitrogens with one attached hydrogen (secondary N) is 1. The summed E-state index contributed by atoms with van der Waals surface area (Å²) in [6, 6.07) is 14.7. The minimum absolute atomic E-state index is 0.203. The number of carbonyl (C=O) groups is 1. The first-order chi connectivity index (χ1) is 13.2. The Morgan fingerprint density at radius 3 is 2.78 bits per heavy atom. The molecule has 1 aromatic heterocycles. The number of benzene rings is 2. The fraction of sp³-hybridized carbons (Fsp3) is 0.238. The van der Waals surface area contributed by atoms with Crippen molar-refractivity contribution >= 4 is 34.0 Å². The lowest BCUT2D eigenvalue weighted by Gasteiger charge is -2.07. The largest absolute Gasteiger partial charge is 0.494 e. The Morgan fingerprint density at radius 1 is 1.19 bits per heavy atom. The van der Waals surface area contributed by atoms with Gasteiger partial charge >= 0.3 is 0 Å². The second-order valence-corrected chi connectivity index (χ2v) is 7.38. The third-order valence-corrected chi connectivity index (χ3v) is 4.99. The number of ether oxygens (including phenoxy) is 1. The second kappa shape index (κ2) is 9.53. The monoisotopic (exact) mass is 400 g/mol. The molecule has 0 aliphatic rings. The number of hydrogen-bond acceptors (Lipinski definition) is 4. The Morgan fingerprint density at radius 2 is 2.00 bits per heavy atom. The number of halogens is 1. The number of rotatable bonds is 8. The summed E-state index contributed by atoms with van der Waals surface area (Å²) in [5, 5.41) is 5.99. The third-order valence-electron chi connectivity index (χ3n) is 3.98. The molecule has 1 amide bonds. The topological polar surface area (TPSA) is 51.2 Å². The van der Waals surface area contributed by atoms with Crippen LogP contribution >= 0.6 is 22.9 Å². The number of amides is 1. The third kappa shape index (κ3) is 5.55. The molecule has 0 atom stereocenters. The number of anilines is 1. The van der Waals surface area contributed by atoms with Gasteiger partial charge in [0.2, 0.25) is 0 Å². The van der Waals surface area contributed by atoms with Crippen LogP contribution in [0, 0.1) is 0 Å². The molecular formula is C21H21ClN2O2S. The summed E-state index contributed by atoms with van der Waals surface area (Å²) in [6.07, 6.45) is 3.30. The molecule has 27 heavy (non-hydrogen) atoms. The van der Waals surface area contributed by atoms with E-state index in [4.69, 9.17) is 16.3 Å². The smallest absolute Gasteiger partial charge is 0.257 e. The fourth-order valence-electron chi connectivity index (χ4n) is 2.52. The van der Waals surface area contributed by atoms with Crippen molar-refractivity contribution in [2.45, 2.75) is 26.2 Å². The predicted molar refractivity (Wildman–Crippen MR) is 112 cm³/mol. The van der Waals surface area contributed by atoms with Crippen molar-refractivity contribution in [3.63, 3.8) is 0 Å². The molecule has 140 valence electrons. The van der Waals surface area contributed by atoms with Crippen molar-refractivity contribution in [1.82, 2.24) is 4.98 Å². The number of hydrogen-bond donors (Lipinski definition) is 1. The van der Waals surface area contributed by atoms with Gasteiger partial charge in [0.1, 0.15) is 5.75 Å². The van der Waals surface area contributed by atoms with Gasteiger partial charge in [-0.1, -0.05) is 49.6 Å². The lowest BCUT2D eigenvalue weighted by molar-refractivity contribution is 0.102. The van der Waals surface area contributed by atoms with E-state index in [1.165, 1.54) is 11.3 Å². The van der Waals surface area contributed by atoms with E-state index in [1.807, 2.05) is 41.8 Å². The molecule has 0 unspecified atom stereocenters. The maximum atomic E-state index is 12.5. The van der Waals surface area contributed by atoms with Crippen LogP contribution in [0.25, 0.3) is 11.3 Å². The Balaban J connectivity index is 1.63. The van der Waals surface area contributed by atoms with Crippen LogP contribution in [0.1, 0.15) is 36.5 Å². The molecule has 0 fully saturated rings. The fourth-order valence-corrected chi connectivity index (χ4v) is 3.36. The minimum Gasteiger partial charge on any atom is -0.494 e. The van der Waals surface area contributed by atoms with Gasteiger partial charge in [0.05, 0.1) is 12.3 Å². The standard InChI is InChI=1S/C21H21ClN2O2S/c1-2-3-4-12-26-18-7-5-6-16(13-18)20(25)24-21-23-19(14-27-21)15-8-10-17(22)11-9-15/h5-11,13-14H,2-4,12H2,1H3,(H,23,24,25). The van der Waals surface area contributed by atoms with Crippen molar-refractivity contribution < 1.29 is 9.53 Å². The molecule has 1 heterocycles. The summed E-state index contributed by atoms with van der Waals surface area (Å²) in [6.45, 7) is 2.82. The molecule has 0 radical (unpaired) electrons. The Kier molecular flexibility index (Phi) is 6.85. The highest BCUT2D eigenvalue weighted by Gasteiger charge is 2.11. The molecule has 0 spiro atoms. The van der Waals surface area contributed by atoms with Crippen LogP contribution in [-0.2, 0) is 0 Å². The molecule has 1 N–H and O–H groups in total.